The number of thiophene rings is 1. The van der Waals surface area contributed by atoms with Crippen LogP contribution >= 0.6 is 34.9 Å². The number of anilines is 2. The summed E-state index contributed by atoms with van der Waals surface area (Å²) in [5, 5.41) is 20.2. The molecule has 1 amide bonds. The molecule has 70 heavy (non-hydrogen) atoms. The SMILES string of the molecule is [B]C(O)(SN1CCC(Nc2cccc(-c3sc(C=O)c(OCC=O)c3Cl)c2)CC1(C)C)c1ccc(OCN2CCC(c3ccc(N(C)C(CCC=O)C(=O)NC)c4c(C=O)cccc34)CC2)c(N=C)c1. The molecule has 4 aromatic carbocycles. The summed E-state index contributed by atoms with van der Waals surface area (Å²) >= 11 is 9.02. The zero-order chi connectivity index (χ0) is 50.2. The molecule has 0 aliphatic carbocycles. The normalized spacial score (nSPS) is 17.7. The second-order valence-electron chi connectivity index (χ2n) is 18.2. The Bertz CT molecular complexity index is 2730. The number of halogens is 1. The second-order valence-corrected chi connectivity index (χ2v) is 20.9. The van der Waals surface area contributed by atoms with E-state index in [1.807, 2.05) is 54.4 Å². The van der Waals surface area contributed by atoms with Gasteiger partial charge < -0.3 is 34.9 Å². The summed E-state index contributed by atoms with van der Waals surface area (Å²) in [6.45, 7) is 10.3. The molecule has 3 atom stereocenters. The monoisotopic (exact) mass is 1000 g/mol. The molecule has 3 heterocycles. The number of aliphatic imine (C=N–C) groups is 1. The van der Waals surface area contributed by atoms with Crippen molar-refractivity contribution in [2.45, 2.75) is 80.7 Å². The van der Waals surface area contributed by atoms with Gasteiger partial charge in [0.1, 0.15) is 59.7 Å². The predicted molar refractivity (Wildman–Crippen MR) is 282 cm³/mol. The Kier molecular flexibility index (Phi) is 17.3. The van der Waals surface area contributed by atoms with Gasteiger partial charge in [-0.15, -0.1) is 11.3 Å². The van der Waals surface area contributed by atoms with Gasteiger partial charge in [0, 0.05) is 74.1 Å². The van der Waals surface area contributed by atoms with Crippen LogP contribution in [-0.4, -0.2) is 125 Å². The van der Waals surface area contributed by atoms with Crippen molar-refractivity contribution in [3.63, 3.8) is 0 Å². The maximum Gasteiger partial charge on any atom is 0.242 e. The third-order valence-corrected chi connectivity index (χ3v) is 16.3. The summed E-state index contributed by atoms with van der Waals surface area (Å²) in [6, 6.07) is 22.4. The second kappa shape index (κ2) is 23.1. The van der Waals surface area contributed by atoms with Gasteiger partial charge in [-0.3, -0.25) is 29.1 Å². The van der Waals surface area contributed by atoms with Crippen LogP contribution in [0.2, 0.25) is 5.02 Å². The third kappa shape index (κ3) is 11.6. The Morgan fingerprint density at radius 2 is 1.81 bits per heavy atom. The van der Waals surface area contributed by atoms with Crippen LogP contribution in [0, 0.1) is 0 Å². The number of nitrogens with zero attached hydrogens (tertiary/aromatic N) is 4. The number of hydrogen-bond donors (Lipinski definition) is 3. The lowest BCUT2D eigenvalue weighted by molar-refractivity contribution is -0.122. The van der Waals surface area contributed by atoms with E-state index >= 15 is 0 Å². The topological polar surface area (TPSA) is 170 Å². The molecule has 366 valence electrons. The van der Waals surface area contributed by atoms with E-state index in [9.17, 15) is 29.1 Å². The maximum atomic E-state index is 12.9. The predicted octanol–water partition coefficient (Wildman–Crippen LogP) is 8.78. The highest BCUT2D eigenvalue weighted by atomic mass is 35.5. The van der Waals surface area contributed by atoms with E-state index in [4.69, 9.17) is 28.9 Å². The molecule has 2 aliphatic rings. The van der Waals surface area contributed by atoms with Crippen molar-refractivity contribution in [2.24, 2.45) is 4.99 Å². The first-order valence-corrected chi connectivity index (χ1v) is 25.2. The average molecular weight is 1010 g/mol. The van der Waals surface area contributed by atoms with Gasteiger partial charge >= 0.3 is 0 Å². The van der Waals surface area contributed by atoms with Crippen molar-refractivity contribution in [2.75, 3.05) is 57.3 Å². The molecular weight excluding hydrogens is 947 g/mol. The molecule has 5 aromatic rings. The van der Waals surface area contributed by atoms with Gasteiger partial charge in [-0.2, -0.15) is 0 Å². The molecule has 2 aliphatic heterocycles. The summed E-state index contributed by atoms with van der Waals surface area (Å²) in [6.07, 6.45) is 6.76. The minimum Gasteiger partial charge on any atom is -0.483 e. The van der Waals surface area contributed by atoms with Crippen LogP contribution in [0.15, 0.2) is 77.8 Å². The molecule has 18 heteroatoms. The van der Waals surface area contributed by atoms with Gasteiger partial charge in [0.25, 0.3) is 0 Å². The maximum absolute atomic E-state index is 12.9. The lowest BCUT2D eigenvalue weighted by Gasteiger charge is -2.47. The molecule has 3 unspecified atom stereocenters. The molecule has 3 N–H and O–H groups in total. The van der Waals surface area contributed by atoms with Crippen LogP contribution in [0.5, 0.6) is 11.5 Å². The van der Waals surface area contributed by atoms with Crippen LogP contribution in [0.1, 0.15) is 89.4 Å². The molecule has 1 aromatic heterocycles. The smallest absolute Gasteiger partial charge is 0.242 e. The van der Waals surface area contributed by atoms with Gasteiger partial charge in [-0.05, 0) is 123 Å². The number of aldehydes is 4. The number of rotatable bonds is 22. The summed E-state index contributed by atoms with van der Waals surface area (Å²) in [7, 11) is 10.1. The molecule has 0 spiro atoms. The first-order chi connectivity index (χ1) is 33.7. The average Bonchev–Trinajstić information content (AvgIpc) is 3.69. The van der Waals surface area contributed by atoms with Gasteiger partial charge in [0.2, 0.25) is 5.91 Å². The first-order valence-electron chi connectivity index (χ1n) is 23.2. The molecular formula is C52H58BClN6O8S2. The van der Waals surface area contributed by atoms with E-state index in [0.29, 0.717) is 69.6 Å². The molecule has 7 rings (SSSR count). The summed E-state index contributed by atoms with van der Waals surface area (Å²) in [5.74, 6) is 0.751. The number of piperidine rings is 2. The highest BCUT2D eigenvalue weighted by Crippen LogP contribution is 2.47. The van der Waals surface area contributed by atoms with Crippen LogP contribution in [0.4, 0.5) is 17.1 Å². The summed E-state index contributed by atoms with van der Waals surface area (Å²) in [5.41, 5.74) is 4.69. The zero-order valence-corrected chi connectivity index (χ0v) is 42.2. The zero-order valence-electron chi connectivity index (χ0n) is 39.8. The highest BCUT2D eigenvalue weighted by Gasteiger charge is 2.40. The molecule has 2 fully saturated rings. The molecule has 0 bridgehead atoms. The summed E-state index contributed by atoms with van der Waals surface area (Å²) < 4.78 is 13.9. The molecule has 2 saturated heterocycles. The Labute approximate surface area is 423 Å². The van der Waals surface area contributed by atoms with E-state index in [-0.39, 0.29) is 42.2 Å². The molecule has 14 nitrogen and oxygen atoms in total. The van der Waals surface area contributed by atoms with Crippen molar-refractivity contribution in [3.05, 3.63) is 99.4 Å². The largest absolute Gasteiger partial charge is 0.483 e. The quantitative estimate of drug-likeness (QED) is 0.0198. The van der Waals surface area contributed by atoms with Crippen LogP contribution in [0.3, 0.4) is 0 Å². The van der Waals surface area contributed by atoms with E-state index in [1.165, 1.54) is 23.3 Å². The van der Waals surface area contributed by atoms with E-state index in [2.05, 4.69) is 51.5 Å². The van der Waals surface area contributed by atoms with Gasteiger partial charge in [0.05, 0.1) is 4.88 Å². The first kappa shape index (κ1) is 52.3. The number of aliphatic hydroxyl groups is 1. The van der Waals surface area contributed by atoms with Gasteiger partial charge in [-0.25, -0.2) is 4.31 Å². The fourth-order valence-corrected chi connectivity index (χ4v) is 12.0. The van der Waals surface area contributed by atoms with Crippen molar-refractivity contribution >= 4 is 108 Å². The number of amides is 1. The Hall–Kier alpha value is -5.56. The number of fused-ring (bicyclic) bond motifs is 1. The molecule has 2 radical (unpaired) electrons. The molecule has 0 saturated carbocycles. The number of ether oxygens (including phenoxy) is 2. The van der Waals surface area contributed by atoms with Crippen LogP contribution in [0.25, 0.3) is 21.2 Å². The Morgan fingerprint density at radius 1 is 1.04 bits per heavy atom. The van der Waals surface area contributed by atoms with Crippen LogP contribution < -0.4 is 25.0 Å². The highest BCUT2D eigenvalue weighted by molar-refractivity contribution is 7.98. The van der Waals surface area contributed by atoms with Crippen molar-refractivity contribution in [1.82, 2.24) is 14.5 Å². The number of carbonyl (C=O) groups excluding carboxylic acids is 5. The van der Waals surface area contributed by atoms with Crippen molar-refractivity contribution in [1.29, 1.82) is 0 Å². The number of benzene rings is 4. The fourth-order valence-electron chi connectivity index (χ4n) is 9.58. The van der Waals surface area contributed by atoms with Crippen LogP contribution in [-0.2, 0) is 19.2 Å². The van der Waals surface area contributed by atoms with Gasteiger partial charge in [0.15, 0.2) is 24.6 Å². The number of hydrogen-bond acceptors (Lipinski definition) is 15. The third-order valence-electron chi connectivity index (χ3n) is 13.2. The van der Waals surface area contributed by atoms with Gasteiger partial charge in [-0.1, -0.05) is 54.1 Å². The summed E-state index contributed by atoms with van der Waals surface area (Å²) in [4.78, 5) is 66.7. The number of likely N-dealkylation sites (tertiary alicyclic amines) is 1. The van der Waals surface area contributed by atoms with E-state index in [0.717, 1.165) is 84.6 Å². The number of likely N-dealkylation sites (N-methyl/N-ethyl adjacent to an activating group) is 2. The van der Waals surface area contributed by atoms with E-state index < -0.39 is 10.9 Å². The van der Waals surface area contributed by atoms with Crippen molar-refractivity contribution in [3.8, 4) is 21.9 Å². The number of carbonyl (C=O) groups is 5. The minimum absolute atomic E-state index is 0.106. The fraction of sp³-hybridized carbons (Fsp3) is 0.385. The lowest BCUT2D eigenvalue weighted by atomic mass is 9.85. The Morgan fingerprint density at radius 3 is 2.50 bits per heavy atom. The minimum atomic E-state index is -1.78. The lowest BCUT2D eigenvalue weighted by Crippen LogP contribution is -2.51. The van der Waals surface area contributed by atoms with Crippen molar-refractivity contribution < 1.29 is 38.6 Å². The van der Waals surface area contributed by atoms with E-state index in [1.54, 1.807) is 31.3 Å². The number of nitrogens with one attached hydrogen (secondary N) is 2. The standard InChI is InChI=1S/C52H58BClN6O8S2/c1-51(2)29-38(57-37-11-6-9-34(27-37)49-47(54)48(67-26-25-62)45(31-64)69-49)20-23-60(51)70-52(53,66)36-14-17-44(41(28-36)55-3)68-32-59-21-18-33(19-22-59)39-15-16-42(46-35(30-63)10-7-12-40(39)46)58(5)43(13-8-24-61)50(65)56-4/h6-7,9-12,14-17,24-25,27-28,30-31,33,38,43,57,66H,3,8,13,18-23,26,29,32H2,1-2,4-5H3,(H,56,65). The Balaban J connectivity index is 0.953.